The largest absolute Gasteiger partial charge is 0.264 e. The highest BCUT2D eigenvalue weighted by Crippen LogP contribution is 2.25. The van der Waals surface area contributed by atoms with Crippen molar-refractivity contribution in [1.82, 2.24) is 10.2 Å². The summed E-state index contributed by atoms with van der Waals surface area (Å²) < 4.78 is 26.9. The Morgan fingerprint density at radius 1 is 1.50 bits per heavy atom. The summed E-state index contributed by atoms with van der Waals surface area (Å²) in [4.78, 5) is -0.0881. The van der Waals surface area contributed by atoms with Crippen LogP contribution in [0.2, 0.25) is 5.02 Å². The summed E-state index contributed by atoms with van der Waals surface area (Å²) in [6, 6.07) is 5.90. The summed E-state index contributed by atoms with van der Waals surface area (Å²) in [5, 5.41) is 15.1. The third-order valence-corrected chi connectivity index (χ3v) is 4.52. The standard InChI is InChI=1S/C12H11ClN4O2S/c1-2-9-7-15-16-12(9)17-20(18,19)11-4-3-8(6-14)5-10(11)13/h3-5,7H,2H2,1H3,(H2,15,16,17). The van der Waals surface area contributed by atoms with Gasteiger partial charge in [-0.05, 0) is 24.6 Å². The van der Waals surface area contributed by atoms with E-state index < -0.39 is 10.0 Å². The fourth-order valence-electron chi connectivity index (χ4n) is 1.65. The van der Waals surface area contributed by atoms with Gasteiger partial charge in [-0.2, -0.15) is 10.4 Å². The van der Waals surface area contributed by atoms with E-state index in [9.17, 15) is 8.42 Å². The summed E-state index contributed by atoms with van der Waals surface area (Å²) in [5.74, 6) is 0.313. The van der Waals surface area contributed by atoms with Gasteiger partial charge in [0.15, 0.2) is 0 Å². The molecule has 0 amide bonds. The zero-order valence-electron chi connectivity index (χ0n) is 10.5. The smallest absolute Gasteiger partial charge is 0.263 e. The molecule has 0 radical (unpaired) electrons. The minimum Gasteiger partial charge on any atom is -0.263 e. The van der Waals surface area contributed by atoms with Gasteiger partial charge in [0.25, 0.3) is 10.0 Å². The Balaban J connectivity index is 2.39. The van der Waals surface area contributed by atoms with Crippen LogP contribution in [-0.4, -0.2) is 18.6 Å². The lowest BCUT2D eigenvalue weighted by Crippen LogP contribution is -2.14. The van der Waals surface area contributed by atoms with Gasteiger partial charge in [0.1, 0.15) is 10.7 Å². The van der Waals surface area contributed by atoms with Crippen LogP contribution in [0.15, 0.2) is 29.3 Å². The second-order valence-corrected chi connectivity index (χ2v) is 6.04. The van der Waals surface area contributed by atoms with E-state index in [1.54, 1.807) is 6.20 Å². The van der Waals surface area contributed by atoms with Crippen LogP contribution in [0.4, 0.5) is 5.82 Å². The Labute approximate surface area is 121 Å². The van der Waals surface area contributed by atoms with Gasteiger partial charge in [-0.3, -0.25) is 9.82 Å². The average Bonchev–Trinajstić information content (AvgIpc) is 2.84. The molecule has 8 heteroatoms. The molecule has 0 aliphatic carbocycles. The summed E-state index contributed by atoms with van der Waals surface area (Å²) in [7, 11) is -3.83. The van der Waals surface area contributed by atoms with Crippen LogP contribution in [0.5, 0.6) is 0 Å². The van der Waals surface area contributed by atoms with Crippen molar-refractivity contribution in [1.29, 1.82) is 5.26 Å². The molecule has 0 saturated heterocycles. The first-order chi connectivity index (χ1) is 9.47. The molecule has 0 aliphatic rings. The summed E-state index contributed by atoms with van der Waals surface area (Å²) in [5.41, 5.74) is 1.04. The second-order valence-electron chi connectivity index (χ2n) is 3.99. The van der Waals surface area contributed by atoms with Crippen molar-refractivity contribution in [2.75, 3.05) is 4.72 Å². The fourth-order valence-corrected chi connectivity index (χ4v) is 3.25. The highest BCUT2D eigenvalue weighted by molar-refractivity contribution is 7.92. The van der Waals surface area contributed by atoms with E-state index in [4.69, 9.17) is 16.9 Å². The maximum atomic E-state index is 12.3. The number of benzene rings is 1. The number of nitrogens with zero attached hydrogens (tertiary/aromatic N) is 2. The lowest BCUT2D eigenvalue weighted by molar-refractivity contribution is 0.601. The van der Waals surface area contributed by atoms with Crippen LogP contribution < -0.4 is 4.72 Å². The van der Waals surface area contributed by atoms with Crippen molar-refractivity contribution in [3.8, 4) is 6.07 Å². The molecule has 1 aromatic carbocycles. The number of aromatic amines is 1. The molecule has 0 atom stereocenters. The molecule has 2 N–H and O–H groups in total. The molecule has 2 rings (SSSR count). The molecule has 0 fully saturated rings. The van der Waals surface area contributed by atoms with E-state index >= 15 is 0 Å². The molecule has 104 valence electrons. The van der Waals surface area contributed by atoms with E-state index in [2.05, 4.69) is 14.9 Å². The monoisotopic (exact) mass is 310 g/mol. The first-order valence-corrected chi connectivity index (χ1v) is 7.58. The Kier molecular flexibility index (Phi) is 3.97. The van der Waals surface area contributed by atoms with Crippen LogP contribution in [-0.2, 0) is 16.4 Å². The maximum absolute atomic E-state index is 12.3. The van der Waals surface area contributed by atoms with Crippen molar-refractivity contribution in [3.05, 3.63) is 40.5 Å². The molecule has 0 spiro atoms. The number of nitriles is 1. The zero-order valence-corrected chi connectivity index (χ0v) is 12.1. The zero-order chi connectivity index (χ0) is 14.8. The summed E-state index contributed by atoms with van der Waals surface area (Å²) >= 11 is 5.91. The van der Waals surface area contributed by atoms with Gasteiger partial charge in [-0.15, -0.1) is 0 Å². The molecular formula is C12H11ClN4O2S. The quantitative estimate of drug-likeness (QED) is 0.905. The number of hydrogen-bond donors (Lipinski definition) is 2. The third-order valence-electron chi connectivity index (χ3n) is 2.69. The number of hydrogen-bond acceptors (Lipinski definition) is 4. The average molecular weight is 311 g/mol. The number of H-pyrrole nitrogens is 1. The third kappa shape index (κ3) is 2.76. The molecule has 1 heterocycles. The lowest BCUT2D eigenvalue weighted by Gasteiger charge is -2.09. The molecule has 0 unspecified atom stereocenters. The lowest BCUT2D eigenvalue weighted by atomic mass is 10.2. The molecule has 1 aromatic heterocycles. The highest BCUT2D eigenvalue weighted by atomic mass is 35.5. The molecular weight excluding hydrogens is 300 g/mol. The van der Waals surface area contributed by atoms with Gasteiger partial charge in [-0.25, -0.2) is 8.42 Å². The number of sulfonamides is 1. The Morgan fingerprint density at radius 3 is 2.85 bits per heavy atom. The molecule has 0 aliphatic heterocycles. The predicted molar refractivity (Wildman–Crippen MR) is 74.9 cm³/mol. The molecule has 20 heavy (non-hydrogen) atoms. The van der Waals surface area contributed by atoms with E-state index in [-0.39, 0.29) is 9.92 Å². The first-order valence-electron chi connectivity index (χ1n) is 5.72. The topological polar surface area (TPSA) is 98.6 Å². The molecule has 2 aromatic rings. The van der Waals surface area contributed by atoms with Crippen molar-refractivity contribution >= 4 is 27.4 Å². The second kappa shape index (κ2) is 5.53. The highest BCUT2D eigenvalue weighted by Gasteiger charge is 2.20. The Bertz CT molecular complexity index is 777. The van der Waals surface area contributed by atoms with Crippen molar-refractivity contribution in [3.63, 3.8) is 0 Å². The van der Waals surface area contributed by atoms with E-state index in [1.165, 1.54) is 18.2 Å². The summed E-state index contributed by atoms with van der Waals surface area (Å²) in [6.07, 6.45) is 2.19. The van der Waals surface area contributed by atoms with E-state index in [0.29, 0.717) is 17.8 Å². The van der Waals surface area contributed by atoms with Gasteiger partial charge in [-0.1, -0.05) is 18.5 Å². The fraction of sp³-hybridized carbons (Fsp3) is 0.167. The van der Waals surface area contributed by atoms with E-state index in [1.807, 2.05) is 13.0 Å². The normalized spacial score (nSPS) is 11.1. The van der Waals surface area contributed by atoms with Crippen LogP contribution in [0.3, 0.4) is 0 Å². The number of halogens is 1. The number of anilines is 1. The van der Waals surface area contributed by atoms with Crippen LogP contribution in [0.25, 0.3) is 0 Å². The first kappa shape index (κ1) is 14.4. The number of nitrogens with one attached hydrogen (secondary N) is 2. The van der Waals surface area contributed by atoms with E-state index in [0.717, 1.165) is 5.56 Å². The minimum absolute atomic E-state index is 0.00545. The number of rotatable bonds is 4. The molecule has 6 nitrogen and oxygen atoms in total. The van der Waals surface area contributed by atoms with Gasteiger partial charge in [0, 0.05) is 5.56 Å². The van der Waals surface area contributed by atoms with Crippen molar-refractivity contribution in [2.24, 2.45) is 0 Å². The predicted octanol–water partition coefficient (Wildman–Crippen LogP) is 2.30. The maximum Gasteiger partial charge on any atom is 0.264 e. The van der Waals surface area contributed by atoms with Crippen molar-refractivity contribution in [2.45, 2.75) is 18.2 Å². The molecule has 0 saturated carbocycles. The van der Waals surface area contributed by atoms with Crippen LogP contribution in [0.1, 0.15) is 18.1 Å². The SMILES string of the molecule is CCc1cn[nH]c1NS(=O)(=O)c1ccc(C#N)cc1Cl. The Morgan fingerprint density at radius 2 is 2.25 bits per heavy atom. The van der Waals surface area contributed by atoms with Gasteiger partial charge in [0.2, 0.25) is 0 Å². The summed E-state index contributed by atoms with van der Waals surface area (Å²) in [6.45, 7) is 1.89. The van der Waals surface area contributed by atoms with Gasteiger partial charge < -0.3 is 0 Å². The number of aromatic nitrogens is 2. The number of aryl methyl sites for hydroxylation is 1. The Hall–Kier alpha value is -2.04. The van der Waals surface area contributed by atoms with Crippen LogP contribution in [0, 0.1) is 11.3 Å². The van der Waals surface area contributed by atoms with Crippen molar-refractivity contribution < 1.29 is 8.42 Å². The molecule has 0 bridgehead atoms. The van der Waals surface area contributed by atoms with Gasteiger partial charge in [0.05, 0.1) is 22.9 Å². The minimum atomic E-state index is -3.83. The van der Waals surface area contributed by atoms with Crippen LogP contribution >= 0.6 is 11.6 Å². The van der Waals surface area contributed by atoms with Gasteiger partial charge >= 0.3 is 0 Å².